The van der Waals surface area contributed by atoms with Gasteiger partial charge in [0.2, 0.25) is 0 Å². The average molecular weight is 606 g/mol. The quantitative estimate of drug-likeness (QED) is 0.216. The van der Waals surface area contributed by atoms with E-state index in [0.29, 0.717) is 19.3 Å². The number of ketones is 2. The van der Waals surface area contributed by atoms with Crippen LogP contribution in [0, 0.1) is 35.0 Å². The highest BCUT2D eigenvalue weighted by Crippen LogP contribution is 2.55. The summed E-state index contributed by atoms with van der Waals surface area (Å²) >= 11 is 0. The Kier molecular flexibility index (Phi) is 8.66. The van der Waals surface area contributed by atoms with Crippen molar-refractivity contribution in [3.63, 3.8) is 0 Å². The van der Waals surface area contributed by atoms with E-state index in [1.165, 1.54) is 6.08 Å². The summed E-state index contributed by atoms with van der Waals surface area (Å²) in [4.78, 5) is 27.4. The minimum atomic E-state index is -2.04. The molecule has 0 bridgehead atoms. The summed E-state index contributed by atoms with van der Waals surface area (Å²) in [6, 6.07) is 0. The summed E-state index contributed by atoms with van der Waals surface area (Å²) in [5, 5.41) is 58.2. The van der Waals surface area contributed by atoms with Gasteiger partial charge in [0.15, 0.2) is 12.1 Å². The number of hydrogen-bond acceptors (Lipinski definition) is 10. The SMILES string of the molecule is CC1=C[C@H]2C(=O)C3CCCC(O[C@H]4O[C@H](CO)[C@@H](O)[C@@](O)(CC5(C6CC[NH2+]C(N)C6)CCCC5)[C@H]4O)C3C(=O)[C@@H]2C(O)=C1. The number of nitrogens with two attached hydrogens (primary N) is 2. The van der Waals surface area contributed by atoms with Crippen LogP contribution in [-0.2, 0) is 19.1 Å². The molecule has 6 aliphatic rings. The van der Waals surface area contributed by atoms with Crippen LogP contribution in [0.3, 0.4) is 0 Å². The summed E-state index contributed by atoms with van der Waals surface area (Å²) in [5.41, 5.74) is 4.67. The Morgan fingerprint density at radius 2 is 1.84 bits per heavy atom. The number of rotatable bonds is 6. The van der Waals surface area contributed by atoms with Crippen molar-refractivity contribution in [1.82, 2.24) is 0 Å². The molecule has 0 amide bonds. The molecule has 43 heavy (non-hydrogen) atoms. The number of ether oxygens (including phenoxy) is 2. The van der Waals surface area contributed by atoms with Gasteiger partial charge < -0.3 is 40.3 Å². The number of aliphatic hydroxyl groups excluding tert-OH is 4. The van der Waals surface area contributed by atoms with Gasteiger partial charge >= 0.3 is 0 Å². The first-order valence-corrected chi connectivity index (χ1v) is 16.2. The fraction of sp³-hybridized carbons (Fsp3) is 0.812. The molecular formula is C32H49N2O9+. The van der Waals surface area contributed by atoms with Gasteiger partial charge in [0, 0.05) is 18.8 Å². The maximum Gasteiger partial charge on any atom is 0.187 e. The number of quaternary nitrogens is 1. The standard InChI is InChI=1S/C32H48N2O9/c1-16-11-19-24(20(36)12-16)27(38)25-18(26(19)37)5-4-6-21(25)42-30-29(40)32(41,28(39)22(14-35)43-30)15-31(8-2-3-9-31)17-7-10-34-23(33)13-17/h11-12,17-19,21-25,28-30,34-36,39-41H,2-10,13-15,33H2,1H3/p+1/t17?,18?,19-,21?,22-,23?,24+,25?,28-,29+,30+,32+/m1/s1. The van der Waals surface area contributed by atoms with Gasteiger partial charge in [-0.3, -0.25) is 15.3 Å². The number of fused-ring (bicyclic) bond motifs is 2. The lowest BCUT2D eigenvalue weighted by atomic mass is 9.59. The van der Waals surface area contributed by atoms with Gasteiger partial charge in [-0.2, -0.15) is 0 Å². The van der Waals surface area contributed by atoms with Crippen molar-refractivity contribution < 1.29 is 49.9 Å². The van der Waals surface area contributed by atoms with Crippen LogP contribution < -0.4 is 11.1 Å². The molecule has 2 aliphatic heterocycles. The van der Waals surface area contributed by atoms with E-state index in [0.717, 1.165) is 50.6 Å². The van der Waals surface area contributed by atoms with Crippen molar-refractivity contribution in [2.45, 2.75) is 114 Å². The van der Waals surface area contributed by atoms with Crippen LogP contribution in [0.2, 0.25) is 0 Å². The van der Waals surface area contributed by atoms with Crippen molar-refractivity contribution in [3.8, 4) is 0 Å². The fourth-order valence-electron chi connectivity index (χ4n) is 9.64. The molecule has 0 aromatic heterocycles. The van der Waals surface area contributed by atoms with E-state index in [4.69, 9.17) is 15.2 Å². The van der Waals surface area contributed by atoms with Gasteiger partial charge in [-0.25, -0.2) is 0 Å². The van der Waals surface area contributed by atoms with Crippen molar-refractivity contribution >= 4 is 11.6 Å². The molecule has 11 heteroatoms. The first-order chi connectivity index (χ1) is 20.5. The monoisotopic (exact) mass is 605 g/mol. The Balaban J connectivity index is 1.26. The molecule has 0 spiro atoms. The molecule has 5 unspecified atom stereocenters. The van der Waals surface area contributed by atoms with Crippen LogP contribution in [0.5, 0.6) is 0 Å². The molecule has 9 N–H and O–H groups in total. The lowest BCUT2D eigenvalue weighted by Gasteiger charge is -2.53. The summed E-state index contributed by atoms with van der Waals surface area (Å²) in [6.45, 7) is 2.06. The highest BCUT2D eigenvalue weighted by molar-refractivity contribution is 6.02. The van der Waals surface area contributed by atoms with Gasteiger partial charge in [0.1, 0.15) is 41.6 Å². The second kappa shape index (κ2) is 11.9. The normalized spacial score (nSPS) is 46.5. The molecule has 2 heterocycles. The van der Waals surface area contributed by atoms with E-state index in [1.54, 1.807) is 13.0 Å². The van der Waals surface area contributed by atoms with Gasteiger partial charge in [0.05, 0.1) is 37.0 Å². The van der Waals surface area contributed by atoms with Crippen LogP contribution in [-0.4, -0.2) is 92.7 Å². The Hall–Kier alpha value is -1.70. The number of carbonyl (C=O) groups is 2. The molecule has 6 rings (SSSR count). The lowest BCUT2D eigenvalue weighted by Crippen LogP contribution is -2.95. The Morgan fingerprint density at radius 1 is 1.09 bits per heavy atom. The Morgan fingerprint density at radius 3 is 2.53 bits per heavy atom. The van der Waals surface area contributed by atoms with E-state index in [-0.39, 0.29) is 41.2 Å². The second-order valence-electron chi connectivity index (χ2n) is 14.3. The minimum Gasteiger partial charge on any atom is -0.512 e. The third kappa shape index (κ3) is 5.33. The number of piperidine rings is 1. The Labute approximate surface area is 252 Å². The van der Waals surface area contributed by atoms with Crippen LogP contribution in [0.15, 0.2) is 23.5 Å². The van der Waals surface area contributed by atoms with E-state index < -0.39 is 66.6 Å². The van der Waals surface area contributed by atoms with E-state index >= 15 is 0 Å². The van der Waals surface area contributed by atoms with Crippen molar-refractivity contribution in [2.75, 3.05) is 13.2 Å². The van der Waals surface area contributed by atoms with Gasteiger partial charge in [0.25, 0.3) is 0 Å². The molecular weight excluding hydrogens is 556 g/mol. The number of carbonyl (C=O) groups excluding carboxylic acids is 2. The van der Waals surface area contributed by atoms with Crippen molar-refractivity contribution in [2.24, 2.45) is 40.7 Å². The molecule has 3 saturated carbocycles. The highest BCUT2D eigenvalue weighted by atomic mass is 16.7. The van der Waals surface area contributed by atoms with E-state index in [9.17, 15) is 35.1 Å². The smallest absolute Gasteiger partial charge is 0.187 e. The molecule has 12 atom stereocenters. The maximum absolute atomic E-state index is 13.9. The van der Waals surface area contributed by atoms with E-state index in [1.807, 2.05) is 0 Å². The summed E-state index contributed by atoms with van der Waals surface area (Å²) in [5.74, 6) is -3.38. The average Bonchev–Trinajstić information content (AvgIpc) is 3.45. The third-order valence-electron chi connectivity index (χ3n) is 11.7. The van der Waals surface area contributed by atoms with Gasteiger partial charge in [-0.1, -0.05) is 30.9 Å². The summed E-state index contributed by atoms with van der Waals surface area (Å²) in [6.07, 6.45) is 3.59. The molecule has 2 saturated heterocycles. The third-order valence-corrected chi connectivity index (χ3v) is 11.7. The predicted octanol–water partition coefficient (Wildman–Crippen LogP) is -0.0473. The summed E-state index contributed by atoms with van der Waals surface area (Å²) < 4.78 is 12.2. The topological polar surface area (TPSA) is 196 Å². The van der Waals surface area contributed by atoms with E-state index in [2.05, 4.69) is 5.32 Å². The first-order valence-electron chi connectivity index (χ1n) is 16.2. The summed E-state index contributed by atoms with van der Waals surface area (Å²) in [7, 11) is 0. The largest absolute Gasteiger partial charge is 0.512 e. The first kappa shape index (κ1) is 31.3. The van der Waals surface area contributed by atoms with Crippen molar-refractivity contribution in [1.29, 1.82) is 0 Å². The zero-order valence-electron chi connectivity index (χ0n) is 25.0. The maximum atomic E-state index is 13.9. The molecule has 4 aliphatic carbocycles. The highest BCUT2D eigenvalue weighted by Gasteiger charge is 2.61. The molecule has 0 aromatic rings. The molecule has 0 aromatic carbocycles. The molecule has 240 valence electrons. The van der Waals surface area contributed by atoms with Crippen LogP contribution >= 0.6 is 0 Å². The zero-order chi connectivity index (χ0) is 30.7. The van der Waals surface area contributed by atoms with Gasteiger partial charge in [-0.05, 0) is 56.4 Å². The number of Topliss-reactive ketones (excluding diaryl/α,β-unsaturated/α-hetero) is 2. The molecule has 5 fully saturated rings. The lowest BCUT2D eigenvalue weighted by molar-refractivity contribution is -0.700. The fourth-order valence-corrected chi connectivity index (χ4v) is 9.64. The number of aliphatic hydroxyl groups is 5. The molecule has 0 radical (unpaired) electrons. The van der Waals surface area contributed by atoms with Crippen LogP contribution in [0.1, 0.15) is 71.1 Å². The van der Waals surface area contributed by atoms with Gasteiger partial charge in [-0.15, -0.1) is 0 Å². The minimum absolute atomic E-state index is 0.0379. The van der Waals surface area contributed by atoms with Crippen LogP contribution in [0.4, 0.5) is 0 Å². The number of allylic oxidation sites excluding steroid dienone is 4. The zero-order valence-corrected chi connectivity index (χ0v) is 25.0. The molecule has 11 nitrogen and oxygen atoms in total. The van der Waals surface area contributed by atoms with Crippen molar-refractivity contribution in [3.05, 3.63) is 23.5 Å². The van der Waals surface area contributed by atoms with Crippen LogP contribution in [0.25, 0.3) is 0 Å². The Bertz CT molecular complexity index is 1150. The predicted molar refractivity (Wildman–Crippen MR) is 153 cm³/mol. The number of hydrogen-bond donors (Lipinski definition) is 7. The second-order valence-corrected chi connectivity index (χ2v) is 14.3.